The van der Waals surface area contributed by atoms with Crippen LogP contribution >= 0.6 is 0 Å². The number of ketones is 2. The Labute approximate surface area is 173 Å². The number of benzene rings is 1. The van der Waals surface area contributed by atoms with Crippen molar-refractivity contribution in [1.29, 1.82) is 0 Å². The Bertz CT molecular complexity index is 1190. The number of fused-ring (bicyclic) bond motifs is 1. The van der Waals surface area contributed by atoms with E-state index >= 15 is 0 Å². The number of carbonyl (C=O) groups excluding carboxylic acids is 4. The minimum Gasteiger partial charge on any atom is -0.453 e. The van der Waals surface area contributed by atoms with Crippen molar-refractivity contribution in [2.45, 2.75) is 38.7 Å². The lowest BCUT2D eigenvalue weighted by Crippen LogP contribution is -2.38. The van der Waals surface area contributed by atoms with Gasteiger partial charge in [-0.05, 0) is 45.4 Å². The zero-order chi connectivity index (χ0) is 22.4. The maximum absolute atomic E-state index is 12.7. The number of hydrogen-bond acceptors (Lipinski definition) is 7. The van der Waals surface area contributed by atoms with Crippen molar-refractivity contribution < 1.29 is 32.3 Å². The van der Waals surface area contributed by atoms with E-state index in [1.807, 2.05) is 0 Å². The van der Waals surface area contributed by atoms with Crippen molar-refractivity contribution in [3.05, 3.63) is 52.3 Å². The molecule has 158 valence electrons. The highest BCUT2D eigenvalue weighted by molar-refractivity contribution is 7.90. The summed E-state index contributed by atoms with van der Waals surface area (Å²) in [7, 11) is -4.16. The normalized spacial score (nSPS) is 15.6. The van der Waals surface area contributed by atoms with Gasteiger partial charge < -0.3 is 9.72 Å². The molecule has 0 radical (unpaired) electrons. The van der Waals surface area contributed by atoms with Gasteiger partial charge in [0, 0.05) is 11.3 Å². The van der Waals surface area contributed by atoms with Crippen molar-refractivity contribution in [2.75, 3.05) is 6.54 Å². The molecule has 0 bridgehead atoms. The van der Waals surface area contributed by atoms with E-state index in [0.717, 1.165) is 0 Å². The molecule has 1 aromatic carbocycles. The molecule has 3 rings (SSSR count). The molecule has 0 saturated carbocycles. The standard InChI is InChI=1S/C20H20N2O7S/c1-10-17(12(3)23)11(2)21-18(10)19(25)13(4)29-16(24)9-22-20(26)14-7-5-6-8-15(14)30(22,27)28/h5-8,13,21H,9H2,1-4H3/t13-/m0/s1. The third kappa shape index (κ3) is 3.43. The number of nitrogens with zero attached hydrogens (tertiary/aromatic N) is 1. The van der Waals surface area contributed by atoms with Crippen LogP contribution in [0.15, 0.2) is 29.2 Å². The number of ether oxygens (including phenoxy) is 1. The number of esters is 1. The lowest BCUT2D eigenvalue weighted by atomic mass is 10.0. The zero-order valence-corrected chi connectivity index (χ0v) is 17.6. The van der Waals surface area contributed by atoms with E-state index in [1.54, 1.807) is 13.8 Å². The highest BCUT2D eigenvalue weighted by atomic mass is 32.2. The van der Waals surface area contributed by atoms with Gasteiger partial charge in [-0.15, -0.1) is 0 Å². The van der Waals surface area contributed by atoms with Crippen LogP contribution < -0.4 is 0 Å². The Morgan fingerprint density at radius 1 is 1.17 bits per heavy atom. The number of carbonyl (C=O) groups is 4. The zero-order valence-electron chi connectivity index (χ0n) is 16.8. The smallest absolute Gasteiger partial charge is 0.327 e. The predicted molar refractivity (Wildman–Crippen MR) is 105 cm³/mol. The lowest BCUT2D eigenvalue weighted by molar-refractivity contribution is -0.146. The molecule has 9 nitrogen and oxygen atoms in total. The van der Waals surface area contributed by atoms with Crippen molar-refractivity contribution >= 4 is 33.5 Å². The molecule has 2 heterocycles. The maximum Gasteiger partial charge on any atom is 0.327 e. The Hall–Kier alpha value is -3.27. The molecule has 0 unspecified atom stereocenters. The van der Waals surface area contributed by atoms with Gasteiger partial charge in [-0.25, -0.2) is 12.7 Å². The molecular formula is C20H20N2O7S. The highest BCUT2D eigenvalue weighted by Crippen LogP contribution is 2.29. The number of aromatic amines is 1. The highest BCUT2D eigenvalue weighted by Gasteiger charge is 2.42. The molecule has 1 amide bonds. The van der Waals surface area contributed by atoms with Crippen LogP contribution in [0.2, 0.25) is 0 Å². The second kappa shape index (κ2) is 7.52. The summed E-state index contributed by atoms with van der Waals surface area (Å²) in [6, 6.07) is 5.63. The molecule has 1 aliphatic heterocycles. The third-order valence-corrected chi connectivity index (χ3v) is 6.69. The quantitative estimate of drug-likeness (QED) is 0.544. The SMILES string of the molecule is CC(=O)c1c(C)[nH]c(C(=O)[C@H](C)OC(=O)CN2C(=O)c3ccccc3S2(=O)=O)c1C. The number of amides is 1. The molecule has 0 aliphatic carbocycles. The first kappa shape index (κ1) is 21.4. The number of aromatic nitrogens is 1. The summed E-state index contributed by atoms with van der Waals surface area (Å²) < 4.78 is 30.5. The Kier molecular flexibility index (Phi) is 5.38. The van der Waals surface area contributed by atoms with Gasteiger partial charge in [0.2, 0.25) is 5.78 Å². The fourth-order valence-electron chi connectivity index (χ4n) is 3.52. The van der Waals surface area contributed by atoms with Crippen LogP contribution in [0.4, 0.5) is 0 Å². The number of sulfonamides is 1. The molecule has 0 saturated heterocycles. The number of rotatable bonds is 6. The van der Waals surface area contributed by atoms with Gasteiger partial charge in [-0.1, -0.05) is 12.1 Å². The first-order chi connectivity index (χ1) is 14.0. The minimum absolute atomic E-state index is 0.0244. The van der Waals surface area contributed by atoms with Crippen LogP contribution in [-0.2, 0) is 19.6 Å². The summed E-state index contributed by atoms with van der Waals surface area (Å²) in [5.41, 5.74) is 1.47. The second-order valence-corrected chi connectivity index (χ2v) is 8.82. The average Bonchev–Trinajstić information content (AvgIpc) is 3.07. The average molecular weight is 432 g/mol. The minimum atomic E-state index is -4.16. The van der Waals surface area contributed by atoms with Crippen LogP contribution in [0, 0.1) is 13.8 Å². The van der Waals surface area contributed by atoms with Crippen molar-refractivity contribution in [3.8, 4) is 0 Å². The number of aryl methyl sites for hydroxylation is 1. The van der Waals surface area contributed by atoms with Gasteiger partial charge in [0.05, 0.1) is 11.3 Å². The molecule has 0 spiro atoms. The lowest BCUT2D eigenvalue weighted by Gasteiger charge is -2.17. The molecule has 2 aromatic rings. The van der Waals surface area contributed by atoms with Gasteiger partial charge in [0.25, 0.3) is 15.9 Å². The Morgan fingerprint density at radius 3 is 2.37 bits per heavy atom. The Morgan fingerprint density at radius 2 is 1.80 bits per heavy atom. The molecule has 1 aliphatic rings. The fraction of sp³-hybridized carbons (Fsp3) is 0.300. The number of nitrogens with one attached hydrogen (secondary N) is 1. The summed E-state index contributed by atoms with van der Waals surface area (Å²) in [6.07, 6.45) is -1.25. The van der Waals surface area contributed by atoms with Crippen LogP contribution in [-0.4, -0.2) is 53.8 Å². The molecule has 30 heavy (non-hydrogen) atoms. The van der Waals surface area contributed by atoms with Crippen LogP contribution in [0.1, 0.15) is 56.3 Å². The summed E-state index contributed by atoms with van der Waals surface area (Å²) in [6.45, 7) is 5.12. The maximum atomic E-state index is 12.7. The van der Waals surface area contributed by atoms with E-state index in [9.17, 15) is 27.6 Å². The largest absolute Gasteiger partial charge is 0.453 e. The summed E-state index contributed by atoms with van der Waals surface area (Å²) in [5, 5.41) is 0. The molecule has 1 atom stereocenters. The van der Waals surface area contributed by atoms with E-state index in [-0.39, 0.29) is 21.9 Å². The van der Waals surface area contributed by atoms with Crippen molar-refractivity contribution in [1.82, 2.24) is 9.29 Å². The number of hydrogen-bond donors (Lipinski definition) is 1. The van der Waals surface area contributed by atoms with E-state index in [1.165, 1.54) is 38.1 Å². The molecule has 0 fully saturated rings. The van der Waals surface area contributed by atoms with Crippen molar-refractivity contribution in [3.63, 3.8) is 0 Å². The number of H-pyrrole nitrogens is 1. The molecular weight excluding hydrogens is 412 g/mol. The first-order valence-corrected chi connectivity index (χ1v) is 10.5. The first-order valence-electron chi connectivity index (χ1n) is 9.06. The Balaban J connectivity index is 1.75. The van der Waals surface area contributed by atoms with E-state index in [4.69, 9.17) is 4.74 Å². The summed E-state index contributed by atoms with van der Waals surface area (Å²) in [4.78, 5) is 51.7. The third-order valence-electron chi connectivity index (χ3n) is 4.90. The van der Waals surface area contributed by atoms with E-state index in [2.05, 4.69) is 4.98 Å². The predicted octanol–water partition coefficient (Wildman–Crippen LogP) is 1.79. The van der Waals surface area contributed by atoms with Gasteiger partial charge in [0.15, 0.2) is 11.9 Å². The topological polar surface area (TPSA) is 131 Å². The summed E-state index contributed by atoms with van der Waals surface area (Å²) >= 11 is 0. The number of Topliss-reactive ketones (excluding diaryl/α,β-unsaturated/α-hetero) is 2. The second-order valence-electron chi connectivity index (χ2n) is 6.99. The van der Waals surface area contributed by atoms with Crippen molar-refractivity contribution in [2.24, 2.45) is 0 Å². The molecule has 1 N–H and O–H groups in total. The van der Waals surface area contributed by atoms with E-state index < -0.39 is 40.3 Å². The van der Waals surface area contributed by atoms with Crippen LogP contribution in [0.25, 0.3) is 0 Å². The molecule has 10 heteroatoms. The van der Waals surface area contributed by atoms with Gasteiger partial charge in [0.1, 0.15) is 11.4 Å². The van der Waals surface area contributed by atoms with E-state index in [0.29, 0.717) is 21.1 Å². The fourth-order valence-corrected chi connectivity index (χ4v) is 5.03. The van der Waals surface area contributed by atoms with Gasteiger partial charge in [-0.2, -0.15) is 0 Å². The van der Waals surface area contributed by atoms with Gasteiger partial charge >= 0.3 is 5.97 Å². The van der Waals surface area contributed by atoms with Crippen LogP contribution in [0.3, 0.4) is 0 Å². The molecule has 1 aromatic heterocycles. The monoisotopic (exact) mass is 432 g/mol. The summed E-state index contributed by atoms with van der Waals surface area (Å²) in [5.74, 6) is -2.66. The van der Waals surface area contributed by atoms with Crippen LogP contribution in [0.5, 0.6) is 0 Å². The van der Waals surface area contributed by atoms with Gasteiger partial charge in [-0.3, -0.25) is 19.2 Å².